The average Bonchev–Trinajstić information content (AvgIpc) is 2.58. The summed E-state index contributed by atoms with van der Waals surface area (Å²) in [6.45, 7) is 7.23. The molecular formula is C18H26N2O3. The van der Waals surface area contributed by atoms with Gasteiger partial charge >= 0.3 is 0 Å². The standard InChI is InChI=1S/C18H26N2O3/c1-13(2)12-23-16-5-4-15(10-17(16)22-3)18(21)20-11-14-6-8-19-9-7-14/h4-6,10,13,19H,7-9,11-12H2,1-3H3,(H,20,21). The zero-order valence-corrected chi connectivity index (χ0v) is 14.1. The highest BCUT2D eigenvalue weighted by Crippen LogP contribution is 2.28. The van der Waals surface area contributed by atoms with Gasteiger partial charge in [-0.3, -0.25) is 4.79 Å². The Morgan fingerprint density at radius 3 is 2.83 bits per heavy atom. The van der Waals surface area contributed by atoms with Crippen molar-refractivity contribution in [1.82, 2.24) is 10.6 Å². The Labute approximate surface area is 138 Å². The van der Waals surface area contributed by atoms with Gasteiger partial charge in [0.2, 0.25) is 0 Å². The Balaban J connectivity index is 1.98. The second-order valence-corrected chi connectivity index (χ2v) is 6.07. The first-order valence-corrected chi connectivity index (χ1v) is 8.07. The number of nitrogens with one attached hydrogen (secondary N) is 2. The minimum atomic E-state index is -0.0989. The van der Waals surface area contributed by atoms with Gasteiger partial charge in [0, 0.05) is 18.7 Å². The van der Waals surface area contributed by atoms with Crippen LogP contribution in [0.2, 0.25) is 0 Å². The molecule has 0 saturated heterocycles. The molecule has 1 aromatic rings. The SMILES string of the molecule is COc1cc(C(=O)NCC2=CCNCC2)ccc1OCC(C)C. The molecular weight excluding hydrogens is 292 g/mol. The second kappa shape index (κ2) is 8.58. The maximum absolute atomic E-state index is 12.3. The quantitative estimate of drug-likeness (QED) is 0.758. The molecule has 0 saturated carbocycles. The molecule has 1 aliphatic rings. The van der Waals surface area contributed by atoms with E-state index in [2.05, 4.69) is 30.6 Å². The summed E-state index contributed by atoms with van der Waals surface area (Å²) in [5, 5.41) is 6.21. The Bertz CT molecular complexity index is 567. The van der Waals surface area contributed by atoms with Crippen LogP contribution in [0.3, 0.4) is 0 Å². The van der Waals surface area contributed by atoms with Crippen molar-refractivity contribution in [3.8, 4) is 11.5 Å². The lowest BCUT2D eigenvalue weighted by molar-refractivity contribution is 0.0956. The van der Waals surface area contributed by atoms with Gasteiger partial charge in [-0.05, 0) is 37.1 Å². The van der Waals surface area contributed by atoms with Crippen LogP contribution >= 0.6 is 0 Å². The Morgan fingerprint density at radius 1 is 1.35 bits per heavy atom. The van der Waals surface area contributed by atoms with E-state index < -0.39 is 0 Å². The third-order valence-corrected chi connectivity index (χ3v) is 3.63. The van der Waals surface area contributed by atoms with Gasteiger partial charge in [0.05, 0.1) is 13.7 Å². The summed E-state index contributed by atoms with van der Waals surface area (Å²) in [5.41, 5.74) is 1.84. The van der Waals surface area contributed by atoms with E-state index in [4.69, 9.17) is 9.47 Å². The number of benzene rings is 1. The van der Waals surface area contributed by atoms with Gasteiger partial charge < -0.3 is 20.1 Å². The summed E-state index contributed by atoms with van der Waals surface area (Å²) < 4.78 is 11.0. The van der Waals surface area contributed by atoms with Crippen LogP contribution in [-0.4, -0.2) is 39.3 Å². The zero-order chi connectivity index (χ0) is 16.7. The van der Waals surface area contributed by atoms with Crippen molar-refractivity contribution in [3.63, 3.8) is 0 Å². The van der Waals surface area contributed by atoms with Crippen molar-refractivity contribution < 1.29 is 14.3 Å². The predicted octanol–water partition coefficient (Wildman–Crippen LogP) is 2.38. The molecule has 0 fully saturated rings. The van der Waals surface area contributed by atoms with Crippen LogP contribution in [0, 0.1) is 5.92 Å². The maximum atomic E-state index is 12.3. The minimum Gasteiger partial charge on any atom is -0.493 e. The lowest BCUT2D eigenvalue weighted by Gasteiger charge is -2.15. The van der Waals surface area contributed by atoms with Crippen LogP contribution in [0.5, 0.6) is 11.5 Å². The molecule has 1 aromatic carbocycles. The van der Waals surface area contributed by atoms with Crippen LogP contribution in [0.4, 0.5) is 0 Å². The lowest BCUT2D eigenvalue weighted by Crippen LogP contribution is -2.29. The van der Waals surface area contributed by atoms with Crippen LogP contribution in [-0.2, 0) is 0 Å². The number of carbonyl (C=O) groups is 1. The van der Waals surface area contributed by atoms with Crippen LogP contribution in [0.15, 0.2) is 29.8 Å². The zero-order valence-electron chi connectivity index (χ0n) is 14.1. The Morgan fingerprint density at radius 2 is 2.17 bits per heavy atom. The Kier molecular flexibility index (Phi) is 6.47. The number of hydrogen-bond acceptors (Lipinski definition) is 4. The highest BCUT2D eigenvalue weighted by Gasteiger charge is 2.12. The second-order valence-electron chi connectivity index (χ2n) is 6.07. The van der Waals surface area contributed by atoms with Crippen LogP contribution in [0.1, 0.15) is 30.6 Å². The van der Waals surface area contributed by atoms with E-state index in [1.165, 1.54) is 5.57 Å². The van der Waals surface area contributed by atoms with E-state index in [0.29, 0.717) is 36.1 Å². The molecule has 0 spiro atoms. The van der Waals surface area contributed by atoms with E-state index >= 15 is 0 Å². The van der Waals surface area contributed by atoms with Gasteiger partial charge in [-0.25, -0.2) is 0 Å². The molecule has 2 rings (SSSR count). The fourth-order valence-electron chi connectivity index (χ4n) is 2.31. The van der Waals surface area contributed by atoms with Crippen molar-refractivity contribution in [1.29, 1.82) is 0 Å². The van der Waals surface area contributed by atoms with Gasteiger partial charge in [-0.15, -0.1) is 0 Å². The van der Waals surface area contributed by atoms with Gasteiger partial charge in [-0.2, -0.15) is 0 Å². The van der Waals surface area contributed by atoms with Crippen LogP contribution < -0.4 is 20.1 Å². The molecule has 2 N–H and O–H groups in total. The van der Waals surface area contributed by atoms with E-state index in [-0.39, 0.29) is 5.91 Å². The molecule has 0 aromatic heterocycles. The molecule has 5 nitrogen and oxygen atoms in total. The summed E-state index contributed by atoms with van der Waals surface area (Å²) in [7, 11) is 1.58. The van der Waals surface area contributed by atoms with Gasteiger partial charge in [0.15, 0.2) is 11.5 Å². The summed E-state index contributed by atoms with van der Waals surface area (Å²) in [6, 6.07) is 5.28. The predicted molar refractivity (Wildman–Crippen MR) is 91.2 cm³/mol. The number of carbonyl (C=O) groups excluding carboxylic acids is 1. The normalized spacial score (nSPS) is 14.3. The van der Waals surface area contributed by atoms with E-state index in [1.54, 1.807) is 25.3 Å². The number of amides is 1. The number of ether oxygens (including phenoxy) is 2. The van der Waals surface area contributed by atoms with E-state index in [1.807, 2.05) is 0 Å². The highest BCUT2D eigenvalue weighted by atomic mass is 16.5. The first kappa shape index (κ1) is 17.3. The summed E-state index contributed by atoms with van der Waals surface area (Å²) in [4.78, 5) is 12.3. The number of rotatable bonds is 7. The fraction of sp³-hybridized carbons (Fsp3) is 0.500. The monoisotopic (exact) mass is 318 g/mol. The summed E-state index contributed by atoms with van der Waals surface area (Å²) in [6.07, 6.45) is 3.11. The molecule has 0 atom stereocenters. The first-order valence-electron chi connectivity index (χ1n) is 8.07. The molecule has 0 radical (unpaired) electrons. The smallest absolute Gasteiger partial charge is 0.251 e. The number of hydrogen-bond donors (Lipinski definition) is 2. The molecule has 0 aliphatic carbocycles. The highest BCUT2D eigenvalue weighted by molar-refractivity contribution is 5.95. The minimum absolute atomic E-state index is 0.0989. The molecule has 1 amide bonds. The van der Waals surface area contributed by atoms with Gasteiger partial charge in [0.25, 0.3) is 5.91 Å². The average molecular weight is 318 g/mol. The van der Waals surface area contributed by atoms with Gasteiger partial charge in [-0.1, -0.05) is 25.5 Å². The first-order chi connectivity index (χ1) is 11.1. The van der Waals surface area contributed by atoms with Crippen molar-refractivity contribution >= 4 is 5.91 Å². The summed E-state index contributed by atoms with van der Waals surface area (Å²) in [5.74, 6) is 1.58. The van der Waals surface area contributed by atoms with Crippen molar-refractivity contribution in [2.24, 2.45) is 5.92 Å². The summed E-state index contributed by atoms with van der Waals surface area (Å²) >= 11 is 0. The van der Waals surface area contributed by atoms with Crippen molar-refractivity contribution in [2.75, 3.05) is 33.4 Å². The topological polar surface area (TPSA) is 59.6 Å². The van der Waals surface area contributed by atoms with Crippen molar-refractivity contribution in [3.05, 3.63) is 35.4 Å². The third kappa shape index (κ3) is 5.28. The molecule has 1 heterocycles. The van der Waals surface area contributed by atoms with Crippen molar-refractivity contribution in [2.45, 2.75) is 20.3 Å². The molecule has 1 aliphatic heterocycles. The van der Waals surface area contributed by atoms with Crippen LogP contribution in [0.25, 0.3) is 0 Å². The van der Waals surface area contributed by atoms with E-state index in [0.717, 1.165) is 19.5 Å². The molecule has 23 heavy (non-hydrogen) atoms. The maximum Gasteiger partial charge on any atom is 0.251 e. The fourth-order valence-corrected chi connectivity index (χ4v) is 2.31. The lowest BCUT2D eigenvalue weighted by atomic mass is 10.1. The Hall–Kier alpha value is -2.01. The third-order valence-electron chi connectivity index (χ3n) is 3.63. The largest absolute Gasteiger partial charge is 0.493 e. The molecule has 5 heteroatoms. The molecule has 0 unspecified atom stereocenters. The number of methoxy groups -OCH3 is 1. The molecule has 0 bridgehead atoms. The molecule has 126 valence electrons. The van der Waals surface area contributed by atoms with Gasteiger partial charge in [0.1, 0.15) is 0 Å². The van der Waals surface area contributed by atoms with E-state index in [9.17, 15) is 4.79 Å².